The van der Waals surface area contributed by atoms with E-state index >= 15 is 0 Å². The van der Waals surface area contributed by atoms with Crippen LogP contribution < -0.4 is 4.57 Å². The van der Waals surface area contributed by atoms with Gasteiger partial charge in [-0.25, -0.2) is 17.5 Å². The summed E-state index contributed by atoms with van der Waals surface area (Å²) in [5.41, 5.74) is 0. The third-order valence-electron chi connectivity index (χ3n) is 1.71. The fourth-order valence-electron chi connectivity index (χ4n) is 1.01. The molecule has 0 N–H and O–H groups in total. The van der Waals surface area contributed by atoms with Gasteiger partial charge in [-0.05, 0) is 20.8 Å². The van der Waals surface area contributed by atoms with E-state index in [0.29, 0.717) is 0 Å². The molecule has 0 atom stereocenters. The van der Waals surface area contributed by atoms with E-state index in [4.69, 9.17) is 0 Å². The highest BCUT2D eigenvalue weighted by Crippen LogP contribution is 1.93. The van der Waals surface area contributed by atoms with Crippen LogP contribution in [0.25, 0.3) is 0 Å². The van der Waals surface area contributed by atoms with Crippen LogP contribution in [0, 0.1) is 0 Å². The highest BCUT2D eigenvalue weighted by molar-refractivity contribution is 7.81. The minimum Gasteiger partial charge on any atom is -0.248 e. The summed E-state index contributed by atoms with van der Waals surface area (Å²) in [4.78, 5) is 0. The molecule has 0 aromatic carbocycles. The number of imidazole rings is 1. The van der Waals surface area contributed by atoms with E-state index in [1.54, 1.807) is 13.8 Å². The van der Waals surface area contributed by atoms with Crippen LogP contribution in [0.15, 0.2) is 18.7 Å². The van der Waals surface area contributed by atoms with Crippen LogP contribution in [-0.4, -0.2) is 26.2 Å². The minimum absolute atomic E-state index is 0.113. The second-order valence-electron chi connectivity index (χ2n) is 3.13. The molecule has 0 aliphatic heterocycles. The van der Waals surface area contributed by atoms with Gasteiger partial charge in [0.15, 0.2) is 0 Å². The van der Waals surface area contributed by atoms with Crippen molar-refractivity contribution in [2.24, 2.45) is 7.05 Å². The largest absolute Gasteiger partial charge is 0.399 e. The molecule has 0 bridgehead atoms. The van der Waals surface area contributed by atoms with E-state index in [1.807, 2.05) is 17.8 Å². The molecule has 0 saturated heterocycles. The van der Waals surface area contributed by atoms with E-state index in [0.717, 1.165) is 6.54 Å². The first-order valence-electron chi connectivity index (χ1n) is 5.49. The van der Waals surface area contributed by atoms with Gasteiger partial charge in [0.1, 0.15) is 12.4 Å². The molecular formula is C10H21N2O4S+. The summed E-state index contributed by atoms with van der Waals surface area (Å²) < 4.78 is 33.4. The summed E-state index contributed by atoms with van der Waals surface area (Å²) in [6.07, 6.45) is 6.14. The Bertz CT molecular complexity index is 388. The first-order valence-corrected chi connectivity index (χ1v) is 6.83. The maximum atomic E-state index is 10.4. The van der Waals surface area contributed by atoms with Gasteiger partial charge in [-0.3, -0.25) is 0 Å². The Morgan fingerprint density at radius 1 is 1.18 bits per heavy atom. The molecule has 100 valence electrons. The van der Waals surface area contributed by atoms with Crippen LogP contribution in [0.1, 0.15) is 20.8 Å². The van der Waals surface area contributed by atoms with Gasteiger partial charge in [-0.15, -0.1) is 0 Å². The highest BCUT2D eigenvalue weighted by atomic mass is 32.3. The lowest BCUT2D eigenvalue weighted by Crippen LogP contribution is -2.28. The van der Waals surface area contributed by atoms with Crippen molar-refractivity contribution in [2.45, 2.75) is 27.3 Å². The van der Waals surface area contributed by atoms with Gasteiger partial charge in [-0.1, -0.05) is 0 Å². The predicted octanol–water partition coefficient (Wildman–Crippen LogP) is 0.637. The molecule has 0 spiro atoms. The Hall–Kier alpha value is -0.920. The number of aromatic nitrogens is 2. The van der Waals surface area contributed by atoms with Crippen molar-refractivity contribution in [3.05, 3.63) is 18.7 Å². The topological polar surface area (TPSA) is 61.4 Å². The molecule has 0 saturated carbocycles. The van der Waals surface area contributed by atoms with E-state index in [-0.39, 0.29) is 13.2 Å². The number of aryl methyl sites for hydroxylation is 2. The van der Waals surface area contributed by atoms with Gasteiger partial charge in [0.2, 0.25) is 6.33 Å². The van der Waals surface area contributed by atoms with Crippen LogP contribution >= 0.6 is 0 Å². The SMILES string of the molecule is CCOS(=O)(=O)OCC.CC[n+]1ccn(C)c1. The van der Waals surface area contributed by atoms with Crippen molar-refractivity contribution in [1.29, 1.82) is 0 Å². The molecule has 0 fully saturated rings. The maximum absolute atomic E-state index is 10.4. The molecule has 0 amide bonds. The zero-order valence-corrected chi connectivity index (χ0v) is 11.6. The monoisotopic (exact) mass is 265 g/mol. The van der Waals surface area contributed by atoms with Crippen LogP contribution in [0.5, 0.6) is 0 Å². The van der Waals surface area contributed by atoms with Crippen molar-refractivity contribution < 1.29 is 21.4 Å². The van der Waals surface area contributed by atoms with Crippen LogP contribution in [0.4, 0.5) is 0 Å². The van der Waals surface area contributed by atoms with Gasteiger partial charge >= 0.3 is 10.4 Å². The fourth-order valence-corrected chi connectivity index (χ4v) is 1.66. The second kappa shape index (κ2) is 8.21. The van der Waals surface area contributed by atoms with Gasteiger partial charge in [0, 0.05) is 0 Å². The summed E-state index contributed by atoms with van der Waals surface area (Å²) in [5.74, 6) is 0. The van der Waals surface area contributed by atoms with Crippen molar-refractivity contribution in [2.75, 3.05) is 13.2 Å². The highest BCUT2D eigenvalue weighted by Gasteiger charge is 2.06. The quantitative estimate of drug-likeness (QED) is 0.733. The lowest BCUT2D eigenvalue weighted by molar-refractivity contribution is -0.693. The Balaban J connectivity index is 0.000000302. The summed E-state index contributed by atoms with van der Waals surface area (Å²) in [6.45, 7) is 6.57. The zero-order chi connectivity index (χ0) is 13.3. The third-order valence-corrected chi connectivity index (χ3v) is 2.76. The van der Waals surface area contributed by atoms with Crippen molar-refractivity contribution in [3.8, 4) is 0 Å². The van der Waals surface area contributed by atoms with E-state index in [2.05, 4.69) is 32.4 Å². The predicted molar refractivity (Wildman–Crippen MR) is 63.5 cm³/mol. The summed E-state index contributed by atoms with van der Waals surface area (Å²) in [6, 6.07) is 0. The molecule has 0 radical (unpaired) electrons. The second-order valence-corrected chi connectivity index (χ2v) is 4.42. The molecule has 1 rings (SSSR count). The molecule has 0 unspecified atom stereocenters. The first kappa shape index (κ1) is 16.1. The molecule has 6 nitrogen and oxygen atoms in total. The lowest BCUT2D eigenvalue weighted by Gasteiger charge is -1.99. The summed E-state index contributed by atoms with van der Waals surface area (Å²) in [5, 5.41) is 0. The molecule has 0 aliphatic carbocycles. The number of hydrogen-bond donors (Lipinski definition) is 0. The Morgan fingerprint density at radius 2 is 1.71 bits per heavy atom. The van der Waals surface area contributed by atoms with Gasteiger partial charge in [0.05, 0.1) is 26.8 Å². The molecule has 1 aromatic heterocycles. The third kappa shape index (κ3) is 7.89. The average Bonchev–Trinajstić information content (AvgIpc) is 2.65. The van der Waals surface area contributed by atoms with Crippen molar-refractivity contribution in [3.63, 3.8) is 0 Å². The fraction of sp³-hybridized carbons (Fsp3) is 0.700. The van der Waals surface area contributed by atoms with Gasteiger partial charge in [-0.2, -0.15) is 8.42 Å². The van der Waals surface area contributed by atoms with Gasteiger partial charge in [0.25, 0.3) is 0 Å². The Morgan fingerprint density at radius 3 is 1.94 bits per heavy atom. The standard InChI is InChI=1S/C6H11N2.C4H10O4S/c1-3-8-5-4-7(2)6-8;1-3-7-9(5,6)8-4-2/h4-6H,3H2,1-2H3;3-4H2,1-2H3/q+1;. The first-order chi connectivity index (χ1) is 7.95. The van der Waals surface area contributed by atoms with E-state index in [1.165, 1.54) is 0 Å². The van der Waals surface area contributed by atoms with Crippen molar-refractivity contribution in [1.82, 2.24) is 4.57 Å². The number of nitrogens with zero attached hydrogens (tertiary/aromatic N) is 2. The Kier molecular flexibility index (Phi) is 7.77. The molecule has 17 heavy (non-hydrogen) atoms. The van der Waals surface area contributed by atoms with Crippen LogP contribution in [0.3, 0.4) is 0 Å². The van der Waals surface area contributed by atoms with Crippen LogP contribution in [0.2, 0.25) is 0 Å². The molecule has 1 heterocycles. The lowest BCUT2D eigenvalue weighted by atomic mass is 10.7. The van der Waals surface area contributed by atoms with E-state index in [9.17, 15) is 8.42 Å². The Labute approximate surface area is 103 Å². The average molecular weight is 265 g/mol. The zero-order valence-electron chi connectivity index (χ0n) is 10.8. The van der Waals surface area contributed by atoms with Crippen molar-refractivity contribution >= 4 is 10.4 Å². The minimum atomic E-state index is -3.68. The number of rotatable bonds is 5. The smallest absolute Gasteiger partial charge is 0.248 e. The van der Waals surface area contributed by atoms with E-state index < -0.39 is 10.4 Å². The summed E-state index contributed by atoms with van der Waals surface area (Å²) >= 11 is 0. The molecule has 1 aromatic rings. The number of hydrogen-bond acceptors (Lipinski definition) is 4. The molecule has 0 aliphatic rings. The maximum Gasteiger partial charge on any atom is 0.399 e. The normalized spacial score (nSPS) is 10.8. The molecule has 7 heteroatoms. The van der Waals surface area contributed by atoms with Crippen LogP contribution in [-0.2, 0) is 32.4 Å². The van der Waals surface area contributed by atoms with Gasteiger partial charge < -0.3 is 0 Å². The summed E-state index contributed by atoms with van der Waals surface area (Å²) in [7, 11) is -1.66. The molecular weight excluding hydrogens is 244 g/mol.